The number of nitrogens with zero attached hydrogens (tertiary/aromatic N) is 3. The third kappa shape index (κ3) is 3.39. The van der Waals surface area contributed by atoms with E-state index in [1.54, 1.807) is 48.8 Å². The van der Waals surface area contributed by atoms with Crippen molar-refractivity contribution in [2.45, 2.75) is 6.04 Å². The highest BCUT2D eigenvalue weighted by molar-refractivity contribution is 8.26. The number of amides is 1. The fourth-order valence-corrected chi connectivity index (χ4v) is 4.27. The van der Waals surface area contributed by atoms with Crippen molar-refractivity contribution in [2.75, 3.05) is 0 Å². The van der Waals surface area contributed by atoms with Crippen LogP contribution in [0.2, 0.25) is 0 Å². The summed E-state index contributed by atoms with van der Waals surface area (Å²) in [5.41, 5.74) is 2.72. The van der Waals surface area contributed by atoms with Crippen LogP contribution < -0.4 is 0 Å². The maximum Gasteiger partial charge on any atom is 0.331 e. The zero-order valence-corrected chi connectivity index (χ0v) is 16.0. The van der Waals surface area contributed by atoms with Crippen LogP contribution in [-0.2, 0) is 9.59 Å². The van der Waals surface area contributed by atoms with Gasteiger partial charge in [0, 0.05) is 12.4 Å². The van der Waals surface area contributed by atoms with Crippen LogP contribution in [0, 0.1) is 0 Å². The normalized spacial score (nSPS) is 16.7. The van der Waals surface area contributed by atoms with E-state index in [4.69, 9.17) is 12.2 Å². The molecule has 1 aliphatic heterocycles. The molecule has 0 saturated carbocycles. The van der Waals surface area contributed by atoms with Crippen molar-refractivity contribution in [2.24, 2.45) is 0 Å². The number of carboxylic acids is 1. The lowest BCUT2D eigenvalue weighted by Gasteiger charge is -2.23. The van der Waals surface area contributed by atoms with E-state index in [0.29, 0.717) is 16.0 Å². The van der Waals surface area contributed by atoms with Gasteiger partial charge in [-0.05, 0) is 29.3 Å². The molecule has 4 rings (SSSR count). The molecule has 2 heterocycles. The minimum atomic E-state index is -1.16. The van der Waals surface area contributed by atoms with Gasteiger partial charge in [-0.25, -0.2) is 4.79 Å². The first-order valence-electron chi connectivity index (χ1n) is 8.30. The number of thiocarbonyl (C=S) groups is 1. The summed E-state index contributed by atoms with van der Waals surface area (Å²) in [6, 6.07) is 12.9. The molecule has 3 aromatic rings. The molecule has 0 spiro atoms. The Morgan fingerprint density at radius 3 is 2.54 bits per heavy atom. The van der Waals surface area contributed by atoms with Crippen LogP contribution in [0.25, 0.3) is 17.1 Å². The van der Waals surface area contributed by atoms with Gasteiger partial charge in [-0.2, -0.15) is 0 Å². The van der Waals surface area contributed by atoms with E-state index in [0.717, 1.165) is 27.7 Å². The molecule has 1 amide bonds. The summed E-state index contributed by atoms with van der Waals surface area (Å²) in [5.74, 6) is -1.56. The number of hydrogen-bond donors (Lipinski definition) is 1. The zero-order valence-electron chi connectivity index (χ0n) is 14.4. The Hall–Kier alpha value is -3.10. The van der Waals surface area contributed by atoms with Crippen LogP contribution in [0.15, 0.2) is 65.8 Å². The zero-order chi connectivity index (χ0) is 19.7. The monoisotopic (exact) mass is 407 g/mol. The quantitative estimate of drug-likeness (QED) is 0.522. The van der Waals surface area contributed by atoms with Crippen molar-refractivity contribution in [1.82, 2.24) is 14.9 Å². The van der Waals surface area contributed by atoms with E-state index in [-0.39, 0.29) is 4.32 Å². The SMILES string of the molecule is O=C(O)C(c1ccccc1)N1C(=O)/C(=C\c2ccc3nccnc3c2)SC1=S. The molecule has 1 atom stereocenters. The summed E-state index contributed by atoms with van der Waals surface area (Å²) >= 11 is 6.42. The van der Waals surface area contributed by atoms with Gasteiger partial charge in [0.15, 0.2) is 6.04 Å². The van der Waals surface area contributed by atoms with Crippen molar-refractivity contribution in [3.63, 3.8) is 0 Å². The molecule has 138 valence electrons. The Labute approximate surface area is 169 Å². The number of carbonyl (C=O) groups is 2. The summed E-state index contributed by atoms with van der Waals surface area (Å²) in [7, 11) is 0. The second-order valence-corrected chi connectivity index (χ2v) is 7.68. The highest BCUT2D eigenvalue weighted by Gasteiger charge is 2.41. The number of aromatic nitrogens is 2. The summed E-state index contributed by atoms with van der Waals surface area (Å²) < 4.78 is 0.216. The molecule has 1 aliphatic rings. The van der Waals surface area contributed by atoms with Crippen molar-refractivity contribution in [3.05, 3.63) is 77.0 Å². The van der Waals surface area contributed by atoms with E-state index in [2.05, 4.69) is 9.97 Å². The molecule has 1 unspecified atom stereocenters. The van der Waals surface area contributed by atoms with Crippen molar-refractivity contribution < 1.29 is 14.7 Å². The minimum Gasteiger partial charge on any atom is -0.479 e. The van der Waals surface area contributed by atoms with Gasteiger partial charge in [-0.3, -0.25) is 19.7 Å². The lowest BCUT2D eigenvalue weighted by atomic mass is 10.1. The second kappa shape index (κ2) is 7.49. The smallest absolute Gasteiger partial charge is 0.331 e. The van der Waals surface area contributed by atoms with Gasteiger partial charge in [0.1, 0.15) is 4.32 Å². The van der Waals surface area contributed by atoms with Gasteiger partial charge >= 0.3 is 5.97 Å². The van der Waals surface area contributed by atoms with Gasteiger partial charge in [0.25, 0.3) is 5.91 Å². The Balaban J connectivity index is 1.69. The first-order chi connectivity index (χ1) is 13.5. The fourth-order valence-electron chi connectivity index (χ4n) is 2.96. The Morgan fingerprint density at radius 2 is 1.82 bits per heavy atom. The number of hydrogen-bond acceptors (Lipinski definition) is 6. The number of benzene rings is 2. The van der Waals surface area contributed by atoms with Gasteiger partial charge < -0.3 is 5.11 Å². The van der Waals surface area contributed by atoms with Crippen molar-refractivity contribution in [1.29, 1.82) is 0 Å². The van der Waals surface area contributed by atoms with Gasteiger partial charge in [-0.15, -0.1) is 0 Å². The molecule has 1 N–H and O–H groups in total. The van der Waals surface area contributed by atoms with Gasteiger partial charge in [0.05, 0.1) is 15.9 Å². The summed E-state index contributed by atoms with van der Waals surface area (Å²) in [6.45, 7) is 0. The van der Waals surface area contributed by atoms with Crippen LogP contribution in [0.3, 0.4) is 0 Å². The molecule has 2 aromatic carbocycles. The van der Waals surface area contributed by atoms with Gasteiger partial charge in [-0.1, -0.05) is 60.4 Å². The lowest BCUT2D eigenvalue weighted by Crippen LogP contribution is -2.37. The van der Waals surface area contributed by atoms with E-state index in [1.807, 2.05) is 18.2 Å². The average molecular weight is 407 g/mol. The number of thioether (sulfide) groups is 1. The van der Waals surface area contributed by atoms with E-state index < -0.39 is 17.9 Å². The van der Waals surface area contributed by atoms with Crippen LogP contribution >= 0.6 is 24.0 Å². The number of carbonyl (C=O) groups excluding carboxylic acids is 1. The molecular weight excluding hydrogens is 394 g/mol. The van der Waals surface area contributed by atoms with Gasteiger partial charge in [0.2, 0.25) is 0 Å². The van der Waals surface area contributed by atoms with E-state index in [9.17, 15) is 14.7 Å². The Morgan fingerprint density at radius 1 is 1.11 bits per heavy atom. The molecule has 1 aromatic heterocycles. The fraction of sp³-hybridized carbons (Fsp3) is 0.0500. The molecule has 0 radical (unpaired) electrons. The number of rotatable bonds is 4. The predicted octanol–water partition coefficient (Wildman–Crippen LogP) is 3.66. The standard InChI is InChI=1S/C20H13N3O3S2/c24-18-16(11-12-6-7-14-15(10-12)22-9-8-21-14)28-20(27)23(18)17(19(25)26)13-4-2-1-3-5-13/h1-11,17H,(H,25,26)/b16-11+. The van der Waals surface area contributed by atoms with E-state index >= 15 is 0 Å². The average Bonchev–Trinajstić information content (AvgIpc) is 2.96. The maximum atomic E-state index is 13.0. The van der Waals surface area contributed by atoms with E-state index in [1.165, 1.54) is 0 Å². The Kier molecular flexibility index (Phi) is 4.89. The molecular formula is C20H13N3O3S2. The first-order valence-corrected chi connectivity index (χ1v) is 9.52. The first kappa shape index (κ1) is 18.3. The summed E-state index contributed by atoms with van der Waals surface area (Å²) in [4.78, 5) is 34.9. The maximum absolute atomic E-state index is 13.0. The molecule has 0 aliphatic carbocycles. The van der Waals surface area contributed by atoms with Crippen LogP contribution in [-0.4, -0.2) is 36.2 Å². The third-order valence-corrected chi connectivity index (χ3v) is 5.55. The number of aliphatic carboxylic acids is 1. The molecule has 8 heteroatoms. The molecule has 6 nitrogen and oxygen atoms in total. The summed E-state index contributed by atoms with van der Waals surface area (Å²) in [5, 5.41) is 9.72. The van der Waals surface area contributed by atoms with Crippen LogP contribution in [0.1, 0.15) is 17.2 Å². The largest absolute Gasteiger partial charge is 0.479 e. The molecule has 1 fully saturated rings. The van der Waals surface area contributed by atoms with Crippen molar-refractivity contribution >= 4 is 57.3 Å². The highest BCUT2D eigenvalue weighted by atomic mass is 32.2. The predicted molar refractivity (Wildman–Crippen MR) is 111 cm³/mol. The molecule has 28 heavy (non-hydrogen) atoms. The molecule has 0 bridgehead atoms. The topological polar surface area (TPSA) is 83.4 Å². The minimum absolute atomic E-state index is 0.216. The number of carboxylic acid groups (broad SMARTS) is 1. The second-order valence-electron chi connectivity index (χ2n) is 6.01. The van der Waals surface area contributed by atoms with Crippen molar-refractivity contribution in [3.8, 4) is 0 Å². The highest BCUT2D eigenvalue weighted by Crippen LogP contribution is 2.38. The number of fused-ring (bicyclic) bond motifs is 1. The Bertz CT molecular complexity index is 1130. The third-order valence-electron chi connectivity index (χ3n) is 4.22. The summed E-state index contributed by atoms with van der Waals surface area (Å²) in [6.07, 6.45) is 4.91. The lowest BCUT2D eigenvalue weighted by molar-refractivity contribution is -0.145. The van der Waals surface area contributed by atoms with Crippen LogP contribution in [0.4, 0.5) is 0 Å². The molecule has 1 saturated heterocycles. The van der Waals surface area contributed by atoms with Crippen LogP contribution in [0.5, 0.6) is 0 Å².